The molecule has 86 valence electrons. The fourth-order valence-electron chi connectivity index (χ4n) is 1.58. The molecule has 0 radical (unpaired) electrons. The first-order valence-electron chi connectivity index (χ1n) is 5.31. The van der Waals surface area contributed by atoms with Crippen LogP contribution >= 0.6 is 11.3 Å². The molecule has 0 atom stereocenters. The van der Waals surface area contributed by atoms with E-state index in [9.17, 15) is 0 Å². The molecule has 0 unspecified atom stereocenters. The van der Waals surface area contributed by atoms with E-state index in [0.717, 1.165) is 28.5 Å². The summed E-state index contributed by atoms with van der Waals surface area (Å²) < 4.78 is 2.06. The van der Waals surface area contributed by atoms with Crippen LogP contribution in [0.5, 0.6) is 0 Å². The van der Waals surface area contributed by atoms with Gasteiger partial charge in [-0.1, -0.05) is 13.8 Å². The van der Waals surface area contributed by atoms with Crippen LogP contribution in [0.2, 0.25) is 0 Å². The second kappa shape index (κ2) is 4.25. The maximum absolute atomic E-state index is 6.02. The van der Waals surface area contributed by atoms with Crippen LogP contribution in [0.25, 0.3) is 10.7 Å². The lowest BCUT2D eigenvalue weighted by molar-refractivity contribution is 0.526. The molecule has 5 heteroatoms. The van der Waals surface area contributed by atoms with Crippen LogP contribution in [0, 0.1) is 12.8 Å². The van der Waals surface area contributed by atoms with E-state index in [4.69, 9.17) is 5.73 Å². The number of thiophene rings is 1. The highest BCUT2D eigenvalue weighted by molar-refractivity contribution is 7.14. The molecule has 2 rings (SSSR count). The molecule has 0 aromatic carbocycles. The van der Waals surface area contributed by atoms with Gasteiger partial charge in [-0.05, 0) is 23.8 Å². The summed E-state index contributed by atoms with van der Waals surface area (Å²) in [6.07, 6.45) is 1.77. The zero-order chi connectivity index (χ0) is 11.7. The minimum Gasteiger partial charge on any atom is -0.397 e. The number of aromatic nitrogens is 3. The predicted molar refractivity (Wildman–Crippen MR) is 67.3 cm³/mol. The van der Waals surface area contributed by atoms with Crippen molar-refractivity contribution < 1.29 is 0 Å². The van der Waals surface area contributed by atoms with Crippen LogP contribution in [0.4, 0.5) is 5.69 Å². The first-order chi connectivity index (χ1) is 7.59. The minimum absolute atomic E-state index is 0.567. The molecular weight excluding hydrogens is 220 g/mol. The van der Waals surface area contributed by atoms with Gasteiger partial charge in [0.25, 0.3) is 0 Å². The molecule has 4 nitrogen and oxygen atoms in total. The molecule has 0 saturated heterocycles. The fourth-order valence-corrected chi connectivity index (χ4v) is 2.56. The van der Waals surface area contributed by atoms with Crippen molar-refractivity contribution in [2.45, 2.75) is 27.3 Å². The Hall–Kier alpha value is -1.36. The maximum atomic E-state index is 6.02. The highest BCUT2D eigenvalue weighted by Gasteiger charge is 2.14. The number of nitrogens with two attached hydrogens (primary N) is 1. The van der Waals surface area contributed by atoms with E-state index in [1.807, 2.05) is 6.92 Å². The van der Waals surface area contributed by atoms with Crippen LogP contribution in [0.3, 0.4) is 0 Å². The van der Waals surface area contributed by atoms with Gasteiger partial charge < -0.3 is 10.3 Å². The highest BCUT2D eigenvalue weighted by atomic mass is 32.1. The summed E-state index contributed by atoms with van der Waals surface area (Å²) in [7, 11) is 0. The number of anilines is 1. The number of rotatable bonds is 3. The zero-order valence-electron chi connectivity index (χ0n) is 9.77. The third-order valence-electron chi connectivity index (χ3n) is 2.40. The van der Waals surface area contributed by atoms with Crippen LogP contribution < -0.4 is 5.73 Å². The van der Waals surface area contributed by atoms with Gasteiger partial charge in [0.1, 0.15) is 6.33 Å². The van der Waals surface area contributed by atoms with Crippen molar-refractivity contribution in [1.82, 2.24) is 14.8 Å². The number of aryl methyl sites for hydroxylation is 1. The predicted octanol–water partition coefficient (Wildman–Crippen LogP) is 2.55. The quantitative estimate of drug-likeness (QED) is 0.891. The van der Waals surface area contributed by atoms with Gasteiger partial charge in [0.2, 0.25) is 0 Å². The Morgan fingerprint density at radius 3 is 2.81 bits per heavy atom. The number of hydrogen-bond acceptors (Lipinski definition) is 4. The Labute approximate surface area is 99.1 Å². The Kier molecular flexibility index (Phi) is 2.96. The first-order valence-corrected chi connectivity index (χ1v) is 6.19. The Morgan fingerprint density at radius 1 is 1.50 bits per heavy atom. The van der Waals surface area contributed by atoms with Crippen molar-refractivity contribution >= 4 is 17.0 Å². The second-order valence-corrected chi connectivity index (χ2v) is 5.24. The molecular formula is C11H16N4S. The van der Waals surface area contributed by atoms with Crippen molar-refractivity contribution in [3.8, 4) is 10.7 Å². The fraction of sp³-hybridized carbons (Fsp3) is 0.455. The molecule has 0 aliphatic heterocycles. The van der Waals surface area contributed by atoms with E-state index < -0.39 is 0 Å². The molecule has 0 aliphatic rings. The number of hydrogen-bond donors (Lipinski definition) is 1. The van der Waals surface area contributed by atoms with Crippen LogP contribution in [-0.4, -0.2) is 14.8 Å². The van der Waals surface area contributed by atoms with Gasteiger partial charge in [0.05, 0.1) is 10.6 Å². The monoisotopic (exact) mass is 236 g/mol. The van der Waals surface area contributed by atoms with Gasteiger partial charge in [-0.15, -0.1) is 21.5 Å². The van der Waals surface area contributed by atoms with Crippen molar-refractivity contribution in [3.05, 3.63) is 17.3 Å². The Morgan fingerprint density at radius 2 is 2.25 bits per heavy atom. The standard InChI is InChI=1S/C11H16N4S/c1-7(2)4-15-6-13-14-11(15)10-9(12)8(3)5-16-10/h5-7H,4,12H2,1-3H3. The molecule has 0 bridgehead atoms. The van der Waals surface area contributed by atoms with Gasteiger partial charge in [0, 0.05) is 6.54 Å². The third-order valence-corrected chi connectivity index (χ3v) is 3.51. The molecule has 2 aromatic heterocycles. The van der Waals surface area contributed by atoms with Crippen LogP contribution in [0.15, 0.2) is 11.7 Å². The summed E-state index contributed by atoms with van der Waals surface area (Å²) in [4.78, 5) is 1.02. The smallest absolute Gasteiger partial charge is 0.175 e. The number of nitrogen functional groups attached to an aromatic ring is 1. The summed E-state index contributed by atoms with van der Waals surface area (Å²) in [5, 5.41) is 10.2. The van der Waals surface area contributed by atoms with Gasteiger partial charge in [-0.3, -0.25) is 0 Å². The van der Waals surface area contributed by atoms with Crippen molar-refractivity contribution in [3.63, 3.8) is 0 Å². The second-order valence-electron chi connectivity index (χ2n) is 4.36. The lowest BCUT2D eigenvalue weighted by atomic mass is 10.2. The summed E-state index contributed by atoms with van der Waals surface area (Å²) in [5.74, 6) is 1.45. The number of nitrogens with zero attached hydrogens (tertiary/aromatic N) is 3. The minimum atomic E-state index is 0.567. The van der Waals surface area contributed by atoms with E-state index in [1.165, 1.54) is 0 Å². The molecule has 0 aliphatic carbocycles. The van der Waals surface area contributed by atoms with Gasteiger partial charge >= 0.3 is 0 Å². The van der Waals surface area contributed by atoms with E-state index >= 15 is 0 Å². The molecule has 2 aromatic rings. The summed E-state index contributed by atoms with van der Waals surface area (Å²) in [6, 6.07) is 0. The Balaban J connectivity index is 2.41. The van der Waals surface area contributed by atoms with E-state index in [1.54, 1.807) is 17.7 Å². The molecule has 0 fully saturated rings. The van der Waals surface area contributed by atoms with Gasteiger partial charge in [-0.2, -0.15) is 0 Å². The lowest BCUT2D eigenvalue weighted by Crippen LogP contribution is -2.05. The molecule has 2 heterocycles. The largest absolute Gasteiger partial charge is 0.397 e. The Bertz CT molecular complexity index is 484. The average Bonchev–Trinajstić information content (AvgIpc) is 2.76. The van der Waals surface area contributed by atoms with Gasteiger partial charge in [0.15, 0.2) is 5.82 Å². The van der Waals surface area contributed by atoms with E-state index in [0.29, 0.717) is 5.92 Å². The topological polar surface area (TPSA) is 56.7 Å². The zero-order valence-corrected chi connectivity index (χ0v) is 10.6. The molecule has 0 saturated carbocycles. The first kappa shape index (κ1) is 11.1. The maximum Gasteiger partial charge on any atom is 0.175 e. The third kappa shape index (κ3) is 1.95. The normalized spacial score (nSPS) is 11.2. The van der Waals surface area contributed by atoms with Crippen LogP contribution in [-0.2, 0) is 6.54 Å². The molecule has 16 heavy (non-hydrogen) atoms. The van der Waals surface area contributed by atoms with E-state index in [2.05, 4.69) is 34.0 Å². The molecule has 0 amide bonds. The van der Waals surface area contributed by atoms with Crippen molar-refractivity contribution in [2.75, 3.05) is 5.73 Å². The molecule has 0 spiro atoms. The average molecular weight is 236 g/mol. The SMILES string of the molecule is Cc1csc(-c2nncn2CC(C)C)c1N. The molecule has 2 N–H and O–H groups in total. The van der Waals surface area contributed by atoms with Crippen molar-refractivity contribution in [2.24, 2.45) is 5.92 Å². The van der Waals surface area contributed by atoms with Crippen molar-refractivity contribution in [1.29, 1.82) is 0 Å². The van der Waals surface area contributed by atoms with Crippen LogP contribution in [0.1, 0.15) is 19.4 Å². The van der Waals surface area contributed by atoms with E-state index in [-0.39, 0.29) is 0 Å². The highest BCUT2D eigenvalue weighted by Crippen LogP contribution is 2.33. The summed E-state index contributed by atoms with van der Waals surface area (Å²) >= 11 is 1.63. The lowest BCUT2D eigenvalue weighted by Gasteiger charge is -2.08. The summed E-state index contributed by atoms with van der Waals surface area (Å²) in [5.41, 5.74) is 7.96. The van der Waals surface area contributed by atoms with Gasteiger partial charge in [-0.25, -0.2) is 0 Å². The summed E-state index contributed by atoms with van der Waals surface area (Å²) in [6.45, 7) is 7.27.